The highest BCUT2D eigenvalue weighted by atomic mass is 16.6. The van der Waals surface area contributed by atoms with Crippen molar-refractivity contribution in [3.05, 3.63) is 59.7 Å². The number of ether oxygens (including phenoxy) is 2. The van der Waals surface area contributed by atoms with E-state index in [1.54, 1.807) is 18.9 Å². The number of methoxy groups -OCH3 is 1. The van der Waals surface area contributed by atoms with E-state index < -0.39 is 6.04 Å². The van der Waals surface area contributed by atoms with Gasteiger partial charge in [-0.3, -0.25) is 9.69 Å². The van der Waals surface area contributed by atoms with Crippen LogP contribution in [0.15, 0.2) is 48.5 Å². The van der Waals surface area contributed by atoms with Gasteiger partial charge in [0, 0.05) is 26.2 Å². The second-order valence-corrected chi connectivity index (χ2v) is 7.23. The third-order valence-electron chi connectivity index (χ3n) is 5.18. The topological polar surface area (TPSA) is 71.1 Å². The lowest BCUT2D eigenvalue weighted by Crippen LogP contribution is -2.51. The van der Waals surface area contributed by atoms with Crippen molar-refractivity contribution < 1.29 is 19.1 Å². The molecule has 1 saturated heterocycles. The van der Waals surface area contributed by atoms with Crippen LogP contribution in [0.1, 0.15) is 24.1 Å². The average Bonchev–Trinajstić information content (AvgIpc) is 2.75. The molecule has 1 aliphatic rings. The number of anilines is 1. The minimum absolute atomic E-state index is 0.130. The van der Waals surface area contributed by atoms with Gasteiger partial charge >= 0.3 is 6.09 Å². The number of piperazine rings is 1. The lowest BCUT2D eigenvalue weighted by atomic mass is 10.0. The predicted molar refractivity (Wildman–Crippen MR) is 116 cm³/mol. The molecular weight excluding hydrogens is 382 g/mol. The first-order valence-corrected chi connectivity index (χ1v) is 10.2. The van der Waals surface area contributed by atoms with E-state index in [2.05, 4.69) is 10.2 Å². The molecule has 160 valence electrons. The fraction of sp³-hybridized carbons (Fsp3) is 0.391. The molecule has 0 bridgehead atoms. The number of nitrogens with one attached hydrogen (secondary N) is 1. The van der Waals surface area contributed by atoms with Crippen LogP contribution in [0.5, 0.6) is 5.75 Å². The number of amides is 2. The smallest absolute Gasteiger partial charge is 0.409 e. The maximum Gasteiger partial charge on any atom is 0.409 e. The summed E-state index contributed by atoms with van der Waals surface area (Å²) < 4.78 is 10.5. The first kappa shape index (κ1) is 21.6. The minimum atomic E-state index is -0.472. The first-order valence-electron chi connectivity index (χ1n) is 10.2. The van der Waals surface area contributed by atoms with Crippen molar-refractivity contribution in [1.29, 1.82) is 0 Å². The number of hydrogen-bond acceptors (Lipinski definition) is 5. The van der Waals surface area contributed by atoms with Gasteiger partial charge in [-0.05, 0) is 37.1 Å². The molecule has 1 fully saturated rings. The van der Waals surface area contributed by atoms with Crippen molar-refractivity contribution in [1.82, 2.24) is 9.80 Å². The van der Waals surface area contributed by atoms with Crippen molar-refractivity contribution >= 4 is 17.7 Å². The number of nitrogens with zero attached hydrogens (tertiary/aromatic N) is 2. The molecule has 2 amide bonds. The Morgan fingerprint density at radius 2 is 1.77 bits per heavy atom. The molecule has 30 heavy (non-hydrogen) atoms. The van der Waals surface area contributed by atoms with E-state index in [9.17, 15) is 9.59 Å². The summed E-state index contributed by atoms with van der Waals surface area (Å²) in [6, 6.07) is 14.9. The van der Waals surface area contributed by atoms with E-state index in [0.717, 1.165) is 11.1 Å². The van der Waals surface area contributed by atoms with E-state index in [1.807, 2.05) is 55.5 Å². The van der Waals surface area contributed by atoms with E-state index in [1.165, 1.54) is 0 Å². The normalized spacial score (nSPS) is 15.4. The summed E-state index contributed by atoms with van der Waals surface area (Å²) in [7, 11) is 1.59. The molecule has 3 rings (SSSR count). The largest absolute Gasteiger partial charge is 0.495 e. The lowest BCUT2D eigenvalue weighted by Gasteiger charge is -2.38. The standard InChI is InChI=1S/C23H29N3O4/c1-4-30-23(28)26-14-12-25(13-15-26)21(18-8-6-5-7-9-18)22(27)24-19-16-17(2)10-11-20(19)29-3/h5-11,16,21H,4,12-15H2,1-3H3,(H,24,27)/t21-/m1/s1. The van der Waals surface area contributed by atoms with Crippen LogP contribution in [0.3, 0.4) is 0 Å². The van der Waals surface area contributed by atoms with Crippen LogP contribution >= 0.6 is 0 Å². The maximum atomic E-state index is 13.4. The highest BCUT2D eigenvalue weighted by Gasteiger charge is 2.32. The van der Waals surface area contributed by atoms with E-state index in [4.69, 9.17) is 9.47 Å². The van der Waals surface area contributed by atoms with Crippen molar-refractivity contribution in [3.8, 4) is 5.75 Å². The highest BCUT2D eigenvalue weighted by Crippen LogP contribution is 2.29. The van der Waals surface area contributed by atoms with Gasteiger partial charge in [0.05, 0.1) is 19.4 Å². The molecule has 7 heteroatoms. The van der Waals surface area contributed by atoms with Crippen LogP contribution in [-0.4, -0.2) is 61.7 Å². The number of benzene rings is 2. The molecule has 2 aromatic carbocycles. The summed E-state index contributed by atoms with van der Waals surface area (Å²) in [5.41, 5.74) is 2.59. The van der Waals surface area contributed by atoms with Gasteiger partial charge in [0.1, 0.15) is 11.8 Å². The SMILES string of the molecule is CCOC(=O)N1CCN([C@@H](C(=O)Nc2cc(C)ccc2OC)c2ccccc2)CC1. The van der Waals surface area contributed by atoms with E-state index >= 15 is 0 Å². The second-order valence-electron chi connectivity index (χ2n) is 7.23. The van der Waals surface area contributed by atoms with Gasteiger partial charge in [-0.2, -0.15) is 0 Å². The number of carbonyl (C=O) groups excluding carboxylic acids is 2. The summed E-state index contributed by atoms with van der Waals surface area (Å²) in [6.45, 7) is 6.31. The Labute approximate surface area is 177 Å². The summed E-state index contributed by atoms with van der Waals surface area (Å²) in [5, 5.41) is 3.04. The molecule has 0 aliphatic carbocycles. The summed E-state index contributed by atoms with van der Waals surface area (Å²) in [5.74, 6) is 0.488. The first-order chi connectivity index (χ1) is 14.5. The van der Waals surface area contributed by atoms with Gasteiger partial charge in [0.15, 0.2) is 0 Å². The zero-order valence-electron chi connectivity index (χ0n) is 17.8. The van der Waals surface area contributed by atoms with Gasteiger partial charge in [0.25, 0.3) is 0 Å². The number of hydrogen-bond donors (Lipinski definition) is 1. The third-order valence-corrected chi connectivity index (χ3v) is 5.18. The summed E-state index contributed by atoms with van der Waals surface area (Å²) in [4.78, 5) is 29.2. The molecule has 0 saturated carbocycles. The summed E-state index contributed by atoms with van der Waals surface area (Å²) in [6.07, 6.45) is -0.303. The fourth-order valence-corrected chi connectivity index (χ4v) is 3.66. The van der Waals surface area contributed by atoms with Gasteiger partial charge < -0.3 is 19.7 Å². The van der Waals surface area contributed by atoms with Crippen LogP contribution in [0.25, 0.3) is 0 Å². The predicted octanol–water partition coefficient (Wildman–Crippen LogP) is 3.46. The fourth-order valence-electron chi connectivity index (χ4n) is 3.66. The molecule has 1 N–H and O–H groups in total. The molecule has 1 aliphatic heterocycles. The zero-order chi connectivity index (χ0) is 21.5. The Hall–Kier alpha value is -3.06. The number of rotatable bonds is 6. The molecule has 0 unspecified atom stereocenters. The van der Waals surface area contributed by atoms with Crippen molar-refractivity contribution in [3.63, 3.8) is 0 Å². The monoisotopic (exact) mass is 411 g/mol. The third kappa shape index (κ3) is 5.10. The van der Waals surface area contributed by atoms with Crippen LogP contribution < -0.4 is 10.1 Å². The molecule has 1 heterocycles. The molecule has 1 atom stereocenters. The van der Waals surface area contributed by atoms with Crippen LogP contribution in [0.2, 0.25) is 0 Å². The van der Waals surface area contributed by atoms with Crippen molar-refractivity contribution in [2.45, 2.75) is 19.9 Å². The Kier molecular flexibility index (Phi) is 7.30. The summed E-state index contributed by atoms with van der Waals surface area (Å²) >= 11 is 0. The van der Waals surface area contributed by atoms with Crippen molar-refractivity contribution in [2.75, 3.05) is 45.2 Å². The zero-order valence-corrected chi connectivity index (χ0v) is 17.8. The van der Waals surface area contributed by atoms with Gasteiger partial charge in [-0.25, -0.2) is 4.79 Å². The Bertz CT molecular complexity index is 864. The Morgan fingerprint density at radius 1 is 1.07 bits per heavy atom. The van der Waals surface area contributed by atoms with Gasteiger partial charge in [-0.15, -0.1) is 0 Å². The Morgan fingerprint density at radius 3 is 2.40 bits per heavy atom. The molecule has 2 aromatic rings. The van der Waals surface area contributed by atoms with Crippen LogP contribution in [0, 0.1) is 6.92 Å². The van der Waals surface area contributed by atoms with Gasteiger partial charge in [-0.1, -0.05) is 36.4 Å². The molecule has 0 aromatic heterocycles. The van der Waals surface area contributed by atoms with E-state index in [0.29, 0.717) is 44.2 Å². The lowest BCUT2D eigenvalue weighted by molar-refractivity contribution is -0.122. The van der Waals surface area contributed by atoms with Crippen molar-refractivity contribution in [2.24, 2.45) is 0 Å². The second kappa shape index (κ2) is 10.1. The highest BCUT2D eigenvalue weighted by molar-refractivity contribution is 5.97. The van der Waals surface area contributed by atoms with Crippen LogP contribution in [0.4, 0.5) is 10.5 Å². The minimum Gasteiger partial charge on any atom is -0.495 e. The van der Waals surface area contributed by atoms with Gasteiger partial charge in [0.2, 0.25) is 5.91 Å². The van der Waals surface area contributed by atoms with Crippen LogP contribution in [-0.2, 0) is 9.53 Å². The molecular formula is C23H29N3O4. The number of carbonyl (C=O) groups is 2. The molecule has 0 radical (unpaired) electrons. The average molecular weight is 412 g/mol. The maximum absolute atomic E-state index is 13.4. The Balaban J connectivity index is 1.80. The molecule has 7 nitrogen and oxygen atoms in total. The quantitative estimate of drug-likeness (QED) is 0.788. The number of aryl methyl sites for hydroxylation is 1. The molecule has 0 spiro atoms. The van der Waals surface area contributed by atoms with E-state index in [-0.39, 0.29) is 12.0 Å².